The van der Waals surface area contributed by atoms with E-state index in [1.165, 1.54) is 12.1 Å². The lowest BCUT2D eigenvalue weighted by Crippen LogP contribution is -2.02. The molecule has 0 saturated heterocycles. The van der Waals surface area contributed by atoms with Crippen molar-refractivity contribution in [2.24, 2.45) is 0 Å². The van der Waals surface area contributed by atoms with Gasteiger partial charge in [-0.05, 0) is 58.1 Å². The highest BCUT2D eigenvalue weighted by atomic mass is 19.1. The quantitative estimate of drug-likeness (QED) is 0.164. The zero-order chi connectivity index (χ0) is 38.3. The van der Waals surface area contributed by atoms with E-state index in [-0.39, 0.29) is 0 Å². The van der Waals surface area contributed by atoms with Crippen molar-refractivity contribution >= 4 is 21.8 Å². The molecule has 0 amide bonds. The van der Waals surface area contributed by atoms with Gasteiger partial charge >= 0.3 is 0 Å². The van der Waals surface area contributed by atoms with Gasteiger partial charge in [-0.1, -0.05) is 158 Å². The molecule has 4 nitrogen and oxygen atoms in total. The molecular weight excluding hydrogens is 707 g/mol. The molecule has 0 spiro atoms. The molecule has 6 heteroatoms. The summed E-state index contributed by atoms with van der Waals surface area (Å²) in [6.07, 6.45) is 0. The van der Waals surface area contributed by atoms with Gasteiger partial charge in [-0.2, -0.15) is 0 Å². The number of nitrogens with zero attached hydrogens (tertiary/aromatic N) is 4. The second kappa shape index (κ2) is 14.3. The summed E-state index contributed by atoms with van der Waals surface area (Å²) in [4.78, 5) is 15.0. The van der Waals surface area contributed by atoms with Crippen LogP contribution in [-0.4, -0.2) is 19.5 Å². The number of halogens is 2. The van der Waals surface area contributed by atoms with E-state index in [9.17, 15) is 0 Å². The molecule has 0 aliphatic heterocycles. The molecule has 0 aliphatic rings. The molecule has 0 radical (unpaired) electrons. The molecule has 0 saturated carbocycles. The molecule has 270 valence electrons. The minimum absolute atomic E-state index is 0.410. The van der Waals surface area contributed by atoms with E-state index in [1.54, 1.807) is 0 Å². The highest BCUT2D eigenvalue weighted by Gasteiger charge is 2.21. The predicted octanol–water partition coefficient (Wildman–Crippen LogP) is 13.2. The van der Waals surface area contributed by atoms with Crippen LogP contribution in [0, 0.1) is 11.6 Å². The van der Waals surface area contributed by atoms with Gasteiger partial charge in [0.05, 0.1) is 16.7 Å². The van der Waals surface area contributed by atoms with Crippen LogP contribution in [0.15, 0.2) is 194 Å². The zero-order valence-electron chi connectivity index (χ0n) is 30.5. The van der Waals surface area contributed by atoms with Crippen LogP contribution in [0.1, 0.15) is 0 Å². The summed E-state index contributed by atoms with van der Waals surface area (Å²) in [5.41, 5.74) is 10.3. The number of benzene rings is 8. The van der Waals surface area contributed by atoms with Crippen LogP contribution < -0.4 is 0 Å². The lowest BCUT2D eigenvalue weighted by molar-refractivity contribution is 0.584. The van der Waals surface area contributed by atoms with E-state index in [4.69, 9.17) is 15.0 Å². The van der Waals surface area contributed by atoms with E-state index < -0.39 is 11.6 Å². The first-order chi connectivity index (χ1) is 28.1. The van der Waals surface area contributed by atoms with Crippen LogP contribution in [0.5, 0.6) is 0 Å². The Morgan fingerprint density at radius 2 is 0.719 bits per heavy atom. The second-order valence-electron chi connectivity index (χ2n) is 14.0. The van der Waals surface area contributed by atoms with Crippen LogP contribution in [0.4, 0.5) is 8.78 Å². The molecular formula is C51H32F2N4. The molecule has 0 fully saturated rings. The summed E-state index contributed by atoms with van der Waals surface area (Å²) in [5.74, 6) is 0.231. The first-order valence-electron chi connectivity index (χ1n) is 18.7. The van der Waals surface area contributed by atoms with Crippen molar-refractivity contribution < 1.29 is 8.78 Å². The van der Waals surface area contributed by atoms with E-state index >= 15 is 8.78 Å². The molecule has 10 aromatic rings. The highest BCUT2D eigenvalue weighted by Crippen LogP contribution is 2.41. The van der Waals surface area contributed by atoms with Crippen LogP contribution in [0.25, 0.3) is 95.0 Å². The van der Waals surface area contributed by atoms with Gasteiger partial charge in [0.1, 0.15) is 11.6 Å². The lowest BCUT2D eigenvalue weighted by Gasteiger charge is -2.17. The minimum atomic E-state index is -0.655. The molecule has 2 aromatic heterocycles. The number of rotatable bonds is 7. The maximum Gasteiger partial charge on any atom is 0.164 e. The molecule has 0 bridgehead atoms. The Kier molecular flexibility index (Phi) is 8.49. The number of fused-ring (bicyclic) bond motifs is 3. The van der Waals surface area contributed by atoms with Gasteiger partial charge in [0.25, 0.3) is 0 Å². The smallest absolute Gasteiger partial charge is 0.164 e. The van der Waals surface area contributed by atoms with Crippen molar-refractivity contribution in [3.8, 4) is 73.2 Å². The Labute approximate surface area is 328 Å². The van der Waals surface area contributed by atoms with Gasteiger partial charge in [0, 0.05) is 39.1 Å². The Balaban J connectivity index is 1.29. The van der Waals surface area contributed by atoms with Crippen molar-refractivity contribution in [3.63, 3.8) is 0 Å². The first-order valence-corrected chi connectivity index (χ1v) is 18.7. The highest BCUT2D eigenvalue weighted by molar-refractivity contribution is 6.11. The van der Waals surface area contributed by atoms with Gasteiger partial charge < -0.3 is 4.57 Å². The fourth-order valence-corrected chi connectivity index (χ4v) is 7.65. The third-order valence-corrected chi connectivity index (χ3v) is 10.4. The van der Waals surface area contributed by atoms with Gasteiger partial charge in [-0.3, -0.25) is 0 Å². The lowest BCUT2D eigenvalue weighted by atomic mass is 9.99. The van der Waals surface area contributed by atoms with Gasteiger partial charge in [0.2, 0.25) is 0 Å². The molecule has 0 aliphatic carbocycles. The maximum atomic E-state index is 15.1. The summed E-state index contributed by atoms with van der Waals surface area (Å²) >= 11 is 0. The SMILES string of the molecule is Fc1cc(F)cc(-c2ccc(-c3nc(-c4ccccc4)nc(-c4ccccc4)n3)cc2-n2c3cc(-c4ccccc4)ccc3c3ccc(-c4ccccc4)cc32)c1. The summed E-state index contributed by atoms with van der Waals surface area (Å²) in [6, 6.07) is 62.7. The molecule has 2 heterocycles. The molecule has 57 heavy (non-hydrogen) atoms. The van der Waals surface area contributed by atoms with E-state index in [0.29, 0.717) is 28.6 Å². The van der Waals surface area contributed by atoms with Gasteiger partial charge in [-0.25, -0.2) is 23.7 Å². The molecule has 10 rings (SSSR count). The Bertz CT molecular complexity index is 2900. The number of hydrogen-bond acceptors (Lipinski definition) is 3. The monoisotopic (exact) mass is 738 g/mol. The fourth-order valence-electron chi connectivity index (χ4n) is 7.65. The molecule has 0 unspecified atom stereocenters. The first kappa shape index (κ1) is 34.0. The third kappa shape index (κ3) is 6.43. The normalized spacial score (nSPS) is 11.3. The number of hydrogen-bond donors (Lipinski definition) is 0. The van der Waals surface area contributed by atoms with E-state index in [0.717, 1.165) is 72.5 Å². The van der Waals surface area contributed by atoms with E-state index in [2.05, 4.69) is 65.2 Å². The van der Waals surface area contributed by atoms with Crippen LogP contribution in [-0.2, 0) is 0 Å². The van der Waals surface area contributed by atoms with Gasteiger partial charge in [0.15, 0.2) is 17.5 Å². The van der Waals surface area contributed by atoms with Crippen molar-refractivity contribution in [2.75, 3.05) is 0 Å². The van der Waals surface area contributed by atoms with Crippen molar-refractivity contribution in [2.45, 2.75) is 0 Å². The standard InChI is InChI=1S/C51H32F2N4/c52-41-27-40(28-42(53)32-41)43-24-23-39(51-55-49(35-17-9-3-10-18-35)54-50(56-51)36-19-11-4-12-20-36)31-46(43)57-47-29-37(33-13-5-1-6-14-33)21-25-44(47)45-26-22-38(30-48(45)57)34-15-7-2-8-16-34/h1-32H. The Morgan fingerprint density at radius 3 is 1.18 bits per heavy atom. The van der Waals surface area contributed by atoms with Crippen molar-refractivity contribution in [1.82, 2.24) is 19.5 Å². The summed E-state index contributed by atoms with van der Waals surface area (Å²) in [7, 11) is 0. The van der Waals surface area contributed by atoms with Crippen LogP contribution in [0.3, 0.4) is 0 Å². The zero-order valence-corrected chi connectivity index (χ0v) is 30.5. The third-order valence-electron chi connectivity index (χ3n) is 10.4. The summed E-state index contributed by atoms with van der Waals surface area (Å²) in [5, 5.41) is 2.09. The fraction of sp³-hybridized carbons (Fsp3) is 0. The summed E-state index contributed by atoms with van der Waals surface area (Å²) in [6.45, 7) is 0. The molecule has 0 N–H and O–H groups in total. The van der Waals surface area contributed by atoms with Crippen molar-refractivity contribution in [3.05, 3.63) is 206 Å². The second-order valence-corrected chi connectivity index (χ2v) is 14.0. The van der Waals surface area contributed by atoms with Crippen LogP contribution in [0.2, 0.25) is 0 Å². The minimum Gasteiger partial charge on any atom is -0.309 e. The Hall–Kier alpha value is -7.57. The predicted molar refractivity (Wildman–Crippen MR) is 227 cm³/mol. The largest absolute Gasteiger partial charge is 0.309 e. The maximum absolute atomic E-state index is 15.1. The van der Waals surface area contributed by atoms with Gasteiger partial charge in [-0.15, -0.1) is 0 Å². The average molecular weight is 739 g/mol. The van der Waals surface area contributed by atoms with Crippen LogP contribution >= 0.6 is 0 Å². The molecule has 0 atom stereocenters. The summed E-state index contributed by atoms with van der Waals surface area (Å²) < 4.78 is 32.3. The van der Waals surface area contributed by atoms with Crippen molar-refractivity contribution in [1.29, 1.82) is 0 Å². The Morgan fingerprint density at radius 1 is 0.316 bits per heavy atom. The number of aromatic nitrogens is 4. The van der Waals surface area contributed by atoms with E-state index in [1.807, 2.05) is 115 Å². The topological polar surface area (TPSA) is 43.6 Å². The average Bonchev–Trinajstić information content (AvgIpc) is 3.59. The molecule has 8 aromatic carbocycles.